The molecule has 0 saturated carbocycles. The molecule has 0 aliphatic heterocycles. The number of halogens is 4. The number of hydrogen-bond donors (Lipinski definition) is 1. The largest absolute Gasteiger partial charge is 0.417 e. The highest BCUT2D eigenvalue weighted by Gasteiger charge is 2.33. The van der Waals surface area contributed by atoms with Gasteiger partial charge in [0, 0.05) is 19.3 Å². The fourth-order valence-electron chi connectivity index (χ4n) is 2.42. The van der Waals surface area contributed by atoms with Crippen molar-refractivity contribution in [1.82, 2.24) is 15.2 Å². The summed E-state index contributed by atoms with van der Waals surface area (Å²) in [7, 11) is 1.84. The summed E-state index contributed by atoms with van der Waals surface area (Å²) in [5, 5.41) is 10.1. The first kappa shape index (κ1) is 18.9. The number of rotatable bonds is 5. The predicted molar refractivity (Wildman–Crippen MR) is 98.1 cm³/mol. The molecule has 2 aromatic carbocycles. The minimum atomic E-state index is -4.55. The van der Waals surface area contributed by atoms with E-state index >= 15 is 0 Å². The Balaban J connectivity index is 1.78. The van der Waals surface area contributed by atoms with Gasteiger partial charge in [-0.2, -0.15) is 23.3 Å². The maximum absolute atomic E-state index is 13.0. The van der Waals surface area contributed by atoms with Crippen molar-refractivity contribution in [3.8, 4) is 0 Å². The monoisotopic (exact) mass is 393 g/mol. The highest BCUT2D eigenvalue weighted by molar-refractivity contribution is 6.31. The van der Waals surface area contributed by atoms with Crippen molar-refractivity contribution in [2.24, 2.45) is 0 Å². The third kappa shape index (κ3) is 4.85. The molecule has 0 saturated heterocycles. The lowest BCUT2D eigenvalue weighted by atomic mass is 10.2. The van der Waals surface area contributed by atoms with Gasteiger partial charge < -0.3 is 10.2 Å². The third-order valence-corrected chi connectivity index (χ3v) is 4.06. The van der Waals surface area contributed by atoms with E-state index in [-0.39, 0.29) is 16.7 Å². The highest BCUT2D eigenvalue weighted by Crippen LogP contribution is 2.36. The smallest absolute Gasteiger partial charge is 0.354 e. The maximum Gasteiger partial charge on any atom is 0.417 e. The van der Waals surface area contributed by atoms with Gasteiger partial charge in [-0.05, 0) is 23.8 Å². The zero-order chi connectivity index (χ0) is 19.4. The van der Waals surface area contributed by atoms with Crippen molar-refractivity contribution >= 4 is 29.1 Å². The average Bonchev–Trinajstić information content (AvgIpc) is 2.63. The molecule has 0 atom stereocenters. The van der Waals surface area contributed by atoms with E-state index in [0.717, 1.165) is 11.6 Å². The van der Waals surface area contributed by atoms with Gasteiger partial charge >= 0.3 is 6.18 Å². The second kappa shape index (κ2) is 7.79. The number of aromatic nitrogens is 3. The third-order valence-electron chi connectivity index (χ3n) is 3.73. The Kier molecular flexibility index (Phi) is 5.46. The van der Waals surface area contributed by atoms with Crippen LogP contribution in [0.15, 0.2) is 54.7 Å². The van der Waals surface area contributed by atoms with Gasteiger partial charge in [0.25, 0.3) is 0 Å². The van der Waals surface area contributed by atoms with Crippen LogP contribution >= 0.6 is 11.6 Å². The number of alkyl halides is 3. The zero-order valence-electron chi connectivity index (χ0n) is 14.2. The van der Waals surface area contributed by atoms with Gasteiger partial charge in [0.2, 0.25) is 5.95 Å². The van der Waals surface area contributed by atoms with Crippen molar-refractivity contribution in [3.05, 3.63) is 70.9 Å². The lowest BCUT2D eigenvalue weighted by molar-refractivity contribution is -0.137. The van der Waals surface area contributed by atoms with Crippen LogP contribution in [0.4, 0.5) is 30.6 Å². The van der Waals surface area contributed by atoms with Crippen LogP contribution in [0.5, 0.6) is 0 Å². The first-order valence-electron chi connectivity index (χ1n) is 7.91. The predicted octanol–water partition coefficient (Wildman–Crippen LogP) is 4.92. The molecule has 0 bridgehead atoms. The highest BCUT2D eigenvalue weighted by atomic mass is 35.5. The normalized spacial score (nSPS) is 11.3. The van der Waals surface area contributed by atoms with E-state index in [1.165, 1.54) is 18.3 Å². The van der Waals surface area contributed by atoms with Crippen LogP contribution < -0.4 is 10.2 Å². The lowest BCUT2D eigenvalue weighted by Gasteiger charge is -2.18. The number of benzene rings is 2. The van der Waals surface area contributed by atoms with Crippen LogP contribution in [0, 0.1) is 0 Å². The van der Waals surface area contributed by atoms with E-state index in [2.05, 4.69) is 20.5 Å². The van der Waals surface area contributed by atoms with Crippen molar-refractivity contribution < 1.29 is 13.2 Å². The molecule has 0 fully saturated rings. The molecule has 0 radical (unpaired) electrons. The first-order valence-corrected chi connectivity index (χ1v) is 8.29. The van der Waals surface area contributed by atoms with Crippen LogP contribution in [0.25, 0.3) is 0 Å². The van der Waals surface area contributed by atoms with Gasteiger partial charge in [-0.15, -0.1) is 5.10 Å². The first-order chi connectivity index (χ1) is 12.8. The Hall–Kier alpha value is -2.87. The molecule has 0 unspecified atom stereocenters. The standard InChI is InChI=1S/C18H15ClF3N5/c1-27(11-12-5-3-2-4-6-12)16-10-23-26-17(25-16)24-13-7-8-15(19)14(9-13)18(20,21)22/h2-10H,11H2,1H3,(H,24,25,26). The van der Waals surface area contributed by atoms with E-state index in [0.29, 0.717) is 12.4 Å². The van der Waals surface area contributed by atoms with E-state index in [9.17, 15) is 13.2 Å². The molecule has 1 heterocycles. The Morgan fingerprint density at radius 2 is 1.85 bits per heavy atom. The number of nitrogens with zero attached hydrogens (tertiary/aromatic N) is 4. The molecule has 3 rings (SSSR count). The minimum absolute atomic E-state index is 0.0860. The van der Waals surface area contributed by atoms with Crippen LogP contribution in [-0.4, -0.2) is 22.2 Å². The van der Waals surface area contributed by atoms with Crippen LogP contribution in [-0.2, 0) is 12.7 Å². The topological polar surface area (TPSA) is 53.9 Å². The van der Waals surface area contributed by atoms with Gasteiger partial charge in [-0.1, -0.05) is 41.9 Å². The summed E-state index contributed by atoms with van der Waals surface area (Å²) in [6, 6.07) is 13.3. The molecule has 0 aliphatic rings. The molecule has 27 heavy (non-hydrogen) atoms. The van der Waals surface area contributed by atoms with Crippen molar-refractivity contribution in [2.45, 2.75) is 12.7 Å². The molecule has 0 amide bonds. The van der Waals surface area contributed by atoms with Crippen molar-refractivity contribution in [2.75, 3.05) is 17.3 Å². The molecule has 1 N–H and O–H groups in total. The molecule has 0 aliphatic carbocycles. The fourth-order valence-corrected chi connectivity index (χ4v) is 2.64. The summed E-state index contributed by atoms with van der Waals surface area (Å²) in [6.45, 7) is 0.595. The summed E-state index contributed by atoms with van der Waals surface area (Å²) < 4.78 is 38.9. The minimum Gasteiger partial charge on any atom is -0.354 e. The molecular weight excluding hydrogens is 379 g/mol. The number of anilines is 3. The molecule has 9 heteroatoms. The molecule has 140 valence electrons. The summed E-state index contributed by atoms with van der Waals surface area (Å²) in [4.78, 5) is 6.16. The lowest BCUT2D eigenvalue weighted by Crippen LogP contribution is -2.18. The average molecular weight is 394 g/mol. The second-order valence-corrected chi connectivity index (χ2v) is 6.20. The van der Waals surface area contributed by atoms with Gasteiger partial charge in [0.1, 0.15) is 0 Å². The number of hydrogen-bond acceptors (Lipinski definition) is 5. The van der Waals surface area contributed by atoms with Crippen molar-refractivity contribution in [1.29, 1.82) is 0 Å². The second-order valence-electron chi connectivity index (χ2n) is 5.80. The fraction of sp³-hybridized carbons (Fsp3) is 0.167. The maximum atomic E-state index is 13.0. The zero-order valence-corrected chi connectivity index (χ0v) is 15.0. The molecule has 3 aromatic rings. The van der Waals surface area contributed by atoms with Gasteiger partial charge in [-0.3, -0.25) is 0 Å². The van der Waals surface area contributed by atoms with Crippen LogP contribution in [0.2, 0.25) is 5.02 Å². The summed E-state index contributed by atoms with van der Waals surface area (Å²) >= 11 is 5.63. The van der Waals surface area contributed by atoms with Gasteiger partial charge in [0.15, 0.2) is 5.82 Å². The molecule has 0 spiro atoms. The molecule has 5 nitrogen and oxygen atoms in total. The van der Waals surface area contributed by atoms with Gasteiger partial charge in [-0.25, -0.2) is 0 Å². The summed E-state index contributed by atoms with van der Waals surface area (Å²) in [5.74, 6) is 0.615. The summed E-state index contributed by atoms with van der Waals surface area (Å²) in [6.07, 6.45) is -3.07. The van der Waals surface area contributed by atoms with Crippen molar-refractivity contribution in [3.63, 3.8) is 0 Å². The van der Waals surface area contributed by atoms with Crippen LogP contribution in [0.1, 0.15) is 11.1 Å². The number of nitrogens with one attached hydrogen (secondary N) is 1. The Morgan fingerprint density at radius 3 is 2.56 bits per heavy atom. The van der Waals surface area contributed by atoms with E-state index in [1.54, 1.807) is 0 Å². The van der Waals surface area contributed by atoms with E-state index < -0.39 is 11.7 Å². The summed E-state index contributed by atoms with van der Waals surface area (Å²) in [5.41, 5.74) is 0.316. The quantitative estimate of drug-likeness (QED) is 0.666. The van der Waals surface area contributed by atoms with Gasteiger partial charge in [0.05, 0.1) is 16.8 Å². The Labute approximate surface area is 158 Å². The Morgan fingerprint density at radius 1 is 1.11 bits per heavy atom. The van der Waals surface area contributed by atoms with E-state index in [4.69, 9.17) is 11.6 Å². The van der Waals surface area contributed by atoms with E-state index in [1.807, 2.05) is 42.3 Å². The Bertz CT molecular complexity index is 918. The SMILES string of the molecule is CN(Cc1ccccc1)c1cnnc(Nc2ccc(Cl)c(C(F)(F)F)c2)n1. The van der Waals surface area contributed by atoms with Crippen LogP contribution in [0.3, 0.4) is 0 Å². The molecular formula is C18H15ClF3N5. The molecule has 1 aromatic heterocycles.